The Morgan fingerprint density at radius 3 is 2.76 bits per heavy atom. The predicted molar refractivity (Wildman–Crippen MR) is 109 cm³/mol. The van der Waals surface area contributed by atoms with Crippen molar-refractivity contribution in [3.05, 3.63) is 53.8 Å². The van der Waals surface area contributed by atoms with E-state index in [2.05, 4.69) is 5.32 Å². The monoisotopic (exact) mass is 394 g/mol. The molecule has 2 heterocycles. The van der Waals surface area contributed by atoms with Crippen LogP contribution in [-0.2, 0) is 16.1 Å². The minimum Gasteiger partial charge on any atom is -0.494 e. The number of carbonyl (C=O) groups is 2. The molecule has 0 spiro atoms. The Kier molecular flexibility index (Phi) is 5.22. The van der Waals surface area contributed by atoms with Crippen molar-refractivity contribution in [2.45, 2.75) is 19.4 Å². The summed E-state index contributed by atoms with van der Waals surface area (Å²) in [6.07, 6.45) is 1.37. The molecule has 0 unspecified atom stereocenters. The number of furan rings is 1. The van der Waals surface area contributed by atoms with Gasteiger partial charge in [0.2, 0.25) is 5.91 Å². The molecule has 1 aliphatic heterocycles. The first-order chi connectivity index (χ1) is 14.1. The van der Waals surface area contributed by atoms with Gasteiger partial charge in [-0.05, 0) is 24.6 Å². The van der Waals surface area contributed by atoms with Gasteiger partial charge in [0.25, 0.3) is 5.91 Å². The molecule has 0 saturated carbocycles. The Balaban J connectivity index is 1.62. The Bertz CT molecular complexity index is 1070. The molecule has 3 aromatic rings. The van der Waals surface area contributed by atoms with Crippen molar-refractivity contribution in [3.63, 3.8) is 0 Å². The van der Waals surface area contributed by atoms with E-state index in [1.807, 2.05) is 24.3 Å². The van der Waals surface area contributed by atoms with Crippen LogP contribution in [0.3, 0.4) is 0 Å². The average molecular weight is 394 g/mol. The molecule has 1 N–H and O–H groups in total. The van der Waals surface area contributed by atoms with E-state index < -0.39 is 0 Å². The van der Waals surface area contributed by atoms with Crippen LogP contribution in [0.5, 0.6) is 5.75 Å². The molecule has 1 aromatic heterocycles. The summed E-state index contributed by atoms with van der Waals surface area (Å²) in [4.78, 5) is 26.7. The second-order valence-electron chi connectivity index (χ2n) is 6.83. The van der Waals surface area contributed by atoms with Crippen LogP contribution in [0.4, 0.5) is 11.4 Å². The van der Waals surface area contributed by atoms with E-state index in [-0.39, 0.29) is 24.2 Å². The molecule has 1 saturated heterocycles. The minimum absolute atomic E-state index is 0.0755. The van der Waals surface area contributed by atoms with Crippen molar-refractivity contribution in [3.8, 4) is 5.75 Å². The van der Waals surface area contributed by atoms with E-state index >= 15 is 0 Å². The third kappa shape index (κ3) is 3.56. The number of hydrogen-bond donors (Lipinski definition) is 1. The summed E-state index contributed by atoms with van der Waals surface area (Å²) >= 11 is 0. The molecule has 2 amide bonds. The lowest BCUT2D eigenvalue weighted by Gasteiger charge is -2.19. The van der Waals surface area contributed by atoms with Crippen LogP contribution in [0, 0.1) is 0 Å². The van der Waals surface area contributed by atoms with Crippen LogP contribution < -0.4 is 15.0 Å². The van der Waals surface area contributed by atoms with Crippen LogP contribution >= 0.6 is 0 Å². The van der Waals surface area contributed by atoms with E-state index in [1.54, 1.807) is 37.3 Å². The lowest BCUT2D eigenvalue weighted by atomic mass is 10.1. The molecule has 0 aliphatic carbocycles. The van der Waals surface area contributed by atoms with Crippen molar-refractivity contribution in [1.82, 2.24) is 0 Å². The number of rotatable bonds is 6. The summed E-state index contributed by atoms with van der Waals surface area (Å²) in [5.41, 5.74) is 2.58. The summed E-state index contributed by atoms with van der Waals surface area (Å²) in [6.45, 7) is 0.930. The van der Waals surface area contributed by atoms with E-state index in [0.29, 0.717) is 41.2 Å². The minimum atomic E-state index is -0.375. The van der Waals surface area contributed by atoms with Gasteiger partial charge in [-0.25, -0.2) is 0 Å². The van der Waals surface area contributed by atoms with Crippen molar-refractivity contribution >= 4 is 34.2 Å². The number of methoxy groups -OCH3 is 2. The highest BCUT2D eigenvalue weighted by molar-refractivity contribution is 6.07. The maximum Gasteiger partial charge on any atom is 0.291 e. The lowest BCUT2D eigenvalue weighted by Crippen LogP contribution is -2.24. The zero-order chi connectivity index (χ0) is 20.4. The van der Waals surface area contributed by atoms with Crippen LogP contribution in [-0.4, -0.2) is 32.6 Å². The van der Waals surface area contributed by atoms with Gasteiger partial charge in [-0.15, -0.1) is 0 Å². The first-order valence-electron chi connectivity index (χ1n) is 9.41. The number of anilines is 2. The van der Waals surface area contributed by atoms with Gasteiger partial charge in [0, 0.05) is 42.8 Å². The number of amides is 2. The fourth-order valence-corrected chi connectivity index (χ4v) is 3.64. The molecule has 1 fully saturated rings. The van der Waals surface area contributed by atoms with Crippen LogP contribution in [0.2, 0.25) is 0 Å². The average Bonchev–Trinajstić information content (AvgIpc) is 3.32. The SMILES string of the molecule is COCc1c(C(=O)Nc2ccc(N3CCCC3=O)c(OC)c2)oc2ccccc12. The number of fused-ring (bicyclic) bond motifs is 1. The maximum absolute atomic E-state index is 12.9. The van der Waals surface area contributed by atoms with Gasteiger partial charge in [0.05, 0.1) is 19.4 Å². The van der Waals surface area contributed by atoms with E-state index in [9.17, 15) is 9.59 Å². The molecular formula is C22H22N2O5. The topological polar surface area (TPSA) is 81.0 Å². The smallest absolute Gasteiger partial charge is 0.291 e. The quantitative estimate of drug-likeness (QED) is 0.684. The molecular weight excluding hydrogens is 372 g/mol. The number of nitrogens with one attached hydrogen (secondary N) is 1. The number of para-hydroxylation sites is 1. The van der Waals surface area contributed by atoms with Crippen molar-refractivity contribution in [2.24, 2.45) is 0 Å². The molecule has 7 nitrogen and oxygen atoms in total. The third-order valence-electron chi connectivity index (χ3n) is 4.99. The zero-order valence-electron chi connectivity index (χ0n) is 16.4. The molecule has 1 aliphatic rings. The highest BCUT2D eigenvalue weighted by Gasteiger charge is 2.25. The molecule has 4 rings (SSSR count). The van der Waals surface area contributed by atoms with Crippen LogP contribution in [0.1, 0.15) is 29.0 Å². The number of hydrogen-bond acceptors (Lipinski definition) is 5. The van der Waals surface area contributed by atoms with Gasteiger partial charge in [0.15, 0.2) is 5.76 Å². The summed E-state index contributed by atoms with van der Waals surface area (Å²) in [5.74, 6) is 0.442. The summed E-state index contributed by atoms with van der Waals surface area (Å²) < 4.78 is 16.5. The largest absolute Gasteiger partial charge is 0.494 e. The van der Waals surface area contributed by atoms with Gasteiger partial charge in [-0.2, -0.15) is 0 Å². The predicted octanol–water partition coefficient (Wildman–Crippen LogP) is 3.97. The molecule has 7 heteroatoms. The molecule has 150 valence electrons. The summed E-state index contributed by atoms with van der Waals surface area (Å²) in [7, 11) is 3.12. The number of carbonyl (C=O) groups excluding carboxylic acids is 2. The zero-order valence-corrected chi connectivity index (χ0v) is 16.4. The molecule has 0 bridgehead atoms. The molecule has 0 atom stereocenters. The van der Waals surface area contributed by atoms with Gasteiger partial charge in [0.1, 0.15) is 11.3 Å². The van der Waals surface area contributed by atoms with Crippen molar-refractivity contribution < 1.29 is 23.5 Å². The number of benzene rings is 2. The van der Waals surface area contributed by atoms with Gasteiger partial charge in [-0.3, -0.25) is 9.59 Å². The standard InChI is InChI=1S/C22H22N2O5/c1-27-13-16-15-6-3-4-7-18(15)29-21(16)22(26)23-14-9-10-17(19(12-14)28-2)24-11-5-8-20(24)25/h3-4,6-7,9-10,12H,5,8,11,13H2,1-2H3,(H,23,26). The number of ether oxygens (including phenoxy) is 2. The van der Waals surface area contributed by atoms with Crippen molar-refractivity contribution in [1.29, 1.82) is 0 Å². The fourth-order valence-electron chi connectivity index (χ4n) is 3.64. The van der Waals surface area contributed by atoms with Crippen LogP contribution in [0.25, 0.3) is 11.0 Å². The highest BCUT2D eigenvalue weighted by Crippen LogP contribution is 2.34. The Labute approximate surface area is 168 Å². The highest BCUT2D eigenvalue weighted by atomic mass is 16.5. The van der Waals surface area contributed by atoms with Crippen LogP contribution in [0.15, 0.2) is 46.9 Å². The first-order valence-corrected chi connectivity index (χ1v) is 9.41. The first kappa shape index (κ1) is 19.0. The van der Waals surface area contributed by atoms with E-state index in [0.717, 1.165) is 11.8 Å². The van der Waals surface area contributed by atoms with Gasteiger partial charge >= 0.3 is 0 Å². The summed E-state index contributed by atoms with van der Waals surface area (Å²) in [5, 5.41) is 3.70. The van der Waals surface area contributed by atoms with E-state index in [1.165, 1.54) is 0 Å². The third-order valence-corrected chi connectivity index (χ3v) is 4.99. The normalized spacial score (nSPS) is 13.9. The van der Waals surface area contributed by atoms with Gasteiger partial charge < -0.3 is 24.1 Å². The molecule has 29 heavy (non-hydrogen) atoms. The summed E-state index contributed by atoms with van der Waals surface area (Å²) in [6, 6.07) is 12.7. The Morgan fingerprint density at radius 2 is 2.03 bits per heavy atom. The molecule has 0 radical (unpaired) electrons. The Hall–Kier alpha value is -3.32. The van der Waals surface area contributed by atoms with E-state index in [4.69, 9.17) is 13.9 Å². The Morgan fingerprint density at radius 1 is 1.21 bits per heavy atom. The second-order valence-corrected chi connectivity index (χ2v) is 6.83. The second kappa shape index (κ2) is 7.97. The van der Waals surface area contributed by atoms with Gasteiger partial charge in [-0.1, -0.05) is 18.2 Å². The number of nitrogens with zero attached hydrogens (tertiary/aromatic N) is 1. The maximum atomic E-state index is 12.9. The fraction of sp³-hybridized carbons (Fsp3) is 0.273. The molecule has 2 aromatic carbocycles. The lowest BCUT2D eigenvalue weighted by molar-refractivity contribution is -0.117. The van der Waals surface area contributed by atoms with Crippen molar-refractivity contribution in [2.75, 3.05) is 31.0 Å².